The average Bonchev–Trinajstić information content (AvgIpc) is 2.46. The quantitative estimate of drug-likeness (QED) is 0.812. The molecule has 0 atom stereocenters. The molecule has 3 rings (SSSR count). The standard InChI is InChI=1S/C16H13BrClNO2/c17-11-6-7-12(13(18)9-11)16(21)19-8-2-4-10-3-1-5-14(20)15(10)19/h1,3,5-7,9,20H,2,4,8H2. The highest BCUT2D eigenvalue weighted by atomic mass is 79.9. The fourth-order valence-electron chi connectivity index (χ4n) is 2.64. The molecule has 0 radical (unpaired) electrons. The van der Waals surface area contributed by atoms with Gasteiger partial charge in [0.2, 0.25) is 0 Å². The van der Waals surface area contributed by atoms with Crippen molar-refractivity contribution in [3.63, 3.8) is 0 Å². The van der Waals surface area contributed by atoms with Crippen molar-refractivity contribution in [3.05, 3.63) is 57.0 Å². The second-order valence-electron chi connectivity index (χ2n) is 4.97. The lowest BCUT2D eigenvalue weighted by molar-refractivity contribution is 0.0984. The van der Waals surface area contributed by atoms with Gasteiger partial charge in [-0.1, -0.05) is 39.7 Å². The Labute approximate surface area is 136 Å². The minimum Gasteiger partial charge on any atom is -0.506 e. The van der Waals surface area contributed by atoms with Gasteiger partial charge in [-0.2, -0.15) is 0 Å². The van der Waals surface area contributed by atoms with E-state index in [1.165, 1.54) is 0 Å². The minimum absolute atomic E-state index is 0.133. The normalized spacial score (nSPS) is 13.9. The van der Waals surface area contributed by atoms with Crippen molar-refractivity contribution in [2.24, 2.45) is 0 Å². The van der Waals surface area contributed by atoms with E-state index in [0.29, 0.717) is 22.8 Å². The molecule has 1 amide bonds. The molecule has 0 aromatic heterocycles. The summed E-state index contributed by atoms with van der Waals surface area (Å²) >= 11 is 9.50. The van der Waals surface area contributed by atoms with Gasteiger partial charge in [0.25, 0.3) is 5.91 Å². The zero-order valence-electron chi connectivity index (χ0n) is 11.1. The number of rotatable bonds is 1. The molecule has 0 saturated carbocycles. The smallest absolute Gasteiger partial charge is 0.259 e. The monoisotopic (exact) mass is 365 g/mol. The summed E-state index contributed by atoms with van der Waals surface area (Å²) in [5, 5.41) is 10.5. The molecular formula is C16H13BrClNO2. The van der Waals surface area contributed by atoms with E-state index in [-0.39, 0.29) is 11.7 Å². The number of carbonyl (C=O) groups is 1. The number of hydrogen-bond acceptors (Lipinski definition) is 2. The molecule has 21 heavy (non-hydrogen) atoms. The first-order valence-electron chi connectivity index (χ1n) is 6.65. The van der Waals surface area contributed by atoms with Crippen LogP contribution in [0.1, 0.15) is 22.3 Å². The highest BCUT2D eigenvalue weighted by Gasteiger charge is 2.27. The number of benzene rings is 2. The van der Waals surface area contributed by atoms with Crippen LogP contribution in [0.25, 0.3) is 0 Å². The van der Waals surface area contributed by atoms with Gasteiger partial charge in [-0.25, -0.2) is 0 Å². The summed E-state index contributed by atoms with van der Waals surface area (Å²) in [6.07, 6.45) is 1.73. The van der Waals surface area contributed by atoms with Gasteiger partial charge in [-0.3, -0.25) is 4.79 Å². The van der Waals surface area contributed by atoms with Crippen LogP contribution in [-0.4, -0.2) is 17.6 Å². The predicted octanol–water partition coefficient (Wildman–Crippen LogP) is 4.40. The number of fused-ring (bicyclic) bond motifs is 1. The minimum atomic E-state index is -0.185. The molecule has 2 aromatic rings. The summed E-state index contributed by atoms with van der Waals surface area (Å²) in [5.74, 6) is -0.0521. The lowest BCUT2D eigenvalue weighted by Gasteiger charge is -2.30. The van der Waals surface area contributed by atoms with Crippen LogP contribution in [0.3, 0.4) is 0 Å². The van der Waals surface area contributed by atoms with E-state index in [9.17, 15) is 9.90 Å². The van der Waals surface area contributed by atoms with Gasteiger partial charge in [0.05, 0.1) is 16.3 Å². The molecule has 0 saturated heterocycles. The van der Waals surface area contributed by atoms with E-state index < -0.39 is 0 Å². The lowest BCUT2D eigenvalue weighted by atomic mass is 10.00. The number of amides is 1. The topological polar surface area (TPSA) is 40.5 Å². The summed E-state index contributed by atoms with van der Waals surface area (Å²) in [4.78, 5) is 14.4. The summed E-state index contributed by atoms with van der Waals surface area (Å²) in [6.45, 7) is 0.579. The molecule has 1 heterocycles. The van der Waals surface area contributed by atoms with Gasteiger partial charge >= 0.3 is 0 Å². The van der Waals surface area contributed by atoms with E-state index >= 15 is 0 Å². The Morgan fingerprint density at radius 2 is 2.10 bits per heavy atom. The Hall–Kier alpha value is -1.52. The molecule has 0 unspecified atom stereocenters. The van der Waals surface area contributed by atoms with Gasteiger partial charge in [-0.05, 0) is 42.7 Å². The first kappa shape index (κ1) is 14.4. The second kappa shape index (κ2) is 5.70. The van der Waals surface area contributed by atoms with Crippen molar-refractivity contribution in [2.45, 2.75) is 12.8 Å². The van der Waals surface area contributed by atoms with Gasteiger partial charge in [0, 0.05) is 11.0 Å². The molecule has 1 N–H and O–H groups in total. The van der Waals surface area contributed by atoms with Crippen molar-refractivity contribution >= 4 is 39.1 Å². The third kappa shape index (κ3) is 2.65. The Kier molecular flexibility index (Phi) is 3.91. The molecule has 0 aliphatic carbocycles. The molecule has 0 fully saturated rings. The molecule has 3 nitrogen and oxygen atoms in total. The number of phenols is 1. The third-order valence-electron chi connectivity index (χ3n) is 3.60. The van der Waals surface area contributed by atoms with Gasteiger partial charge < -0.3 is 10.0 Å². The molecule has 0 spiro atoms. The van der Waals surface area contributed by atoms with Gasteiger partial charge in [0.1, 0.15) is 5.75 Å². The number of halogens is 2. The number of aryl methyl sites for hydroxylation is 1. The van der Waals surface area contributed by atoms with Crippen LogP contribution in [0.2, 0.25) is 5.02 Å². The fourth-order valence-corrected chi connectivity index (χ4v) is 3.40. The summed E-state index contributed by atoms with van der Waals surface area (Å²) in [7, 11) is 0. The molecule has 2 aromatic carbocycles. The fraction of sp³-hybridized carbons (Fsp3) is 0.188. The molecule has 5 heteroatoms. The van der Waals surface area contributed by atoms with Crippen LogP contribution in [0.15, 0.2) is 40.9 Å². The van der Waals surface area contributed by atoms with E-state index in [1.807, 2.05) is 6.07 Å². The highest BCUT2D eigenvalue weighted by Crippen LogP contribution is 2.37. The second-order valence-corrected chi connectivity index (χ2v) is 6.29. The Morgan fingerprint density at radius 3 is 2.86 bits per heavy atom. The van der Waals surface area contributed by atoms with E-state index in [0.717, 1.165) is 22.9 Å². The Morgan fingerprint density at radius 1 is 1.29 bits per heavy atom. The summed E-state index contributed by atoms with van der Waals surface area (Å²) in [5.41, 5.74) is 2.03. The zero-order valence-corrected chi connectivity index (χ0v) is 13.5. The molecule has 0 bridgehead atoms. The summed E-state index contributed by atoms with van der Waals surface area (Å²) < 4.78 is 0.825. The molecular weight excluding hydrogens is 354 g/mol. The maximum atomic E-state index is 12.8. The van der Waals surface area contributed by atoms with Crippen LogP contribution in [0, 0.1) is 0 Å². The van der Waals surface area contributed by atoms with Crippen LogP contribution >= 0.6 is 27.5 Å². The largest absolute Gasteiger partial charge is 0.506 e. The molecule has 1 aliphatic rings. The van der Waals surface area contributed by atoms with Crippen molar-refractivity contribution in [1.29, 1.82) is 0 Å². The summed E-state index contributed by atoms with van der Waals surface area (Å²) in [6, 6.07) is 10.5. The van der Waals surface area contributed by atoms with Gasteiger partial charge in [0.15, 0.2) is 0 Å². The van der Waals surface area contributed by atoms with Crippen molar-refractivity contribution in [1.82, 2.24) is 0 Å². The van der Waals surface area contributed by atoms with Crippen molar-refractivity contribution < 1.29 is 9.90 Å². The number of para-hydroxylation sites is 1. The highest BCUT2D eigenvalue weighted by molar-refractivity contribution is 9.10. The maximum Gasteiger partial charge on any atom is 0.259 e. The average molecular weight is 367 g/mol. The van der Waals surface area contributed by atoms with Crippen molar-refractivity contribution in [3.8, 4) is 5.75 Å². The van der Waals surface area contributed by atoms with Crippen molar-refractivity contribution in [2.75, 3.05) is 11.4 Å². The van der Waals surface area contributed by atoms with Crippen LogP contribution in [-0.2, 0) is 6.42 Å². The first-order valence-corrected chi connectivity index (χ1v) is 7.83. The maximum absolute atomic E-state index is 12.8. The third-order valence-corrected chi connectivity index (χ3v) is 4.41. The van der Waals surface area contributed by atoms with Crippen LogP contribution < -0.4 is 4.90 Å². The zero-order chi connectivity index (χ0) is 15.0. The lowest BCUT2D eigenvalue weighted by Crippen LogP contribution is -2.35. The Bertz CT molecular complexity index is 717. The van der Waals surface area contributed by atoms with E-state index in [4.69, 9.17) is 11.6 Å². The number of aromatic hydroxyl groups is 1. The SMILES string of the molecule is O=C(c1ccc(Br)cc1Cl)N1CCCc2cccc(O)c21. The van der Waals surface area contributed by atoms with E-state index in [1.54, 1.807) is 35.2 Å². The Balaban J connectivity index is 2.04. The first-order chi connectivity index (χ1) is 10.1. The predicted molar refractivity (Wildman–Crippen MR) is 87.3 cm³/mol. The number of anilines is 1. The van der Waals surface area contributed by atoms with E-state index in [2.05, 4.69) is 15.9 Å². The van der Waals surface area contributed by atoms with Crippen LogP contribution in [0.5, 0.6) is 5.75 Å². The number of phenolic OH excluding ortho intramolecular Hbond substituents is 1. The molecule has 108 valence electrons. The van der Waals surface area contributed by atoms with Crippen LogP contribution in [0.4, 0.5) is 5.69 Å². The molecule has 1 aliphatic heterocycles. The number of hydrogen-bond donors (Lipinski definition) is 1. The number of carbonyl (C=O) groups excluding carboxylic acids is 1. The van der Waals surface area contributed by atoms with Gasteiger partial charge in [-0.15, -0.1) is 0 Å². The number of nitrogens with zero attached hydrogens (tertiary/aromatic N) is 1.